The Morgan fingerprint density at radius 3 is 1.12 bits per heavy atom. The van der Waals surface area contributed by atoms with Crippen molar-refractivity contribution >= 4 is 11.8 Å². The zero-order valence-corrected chi connectivity index (χ0v) is 19.5. The lowest BCUT2D eigenvalue weighted by Gasteiger charge is -2.35. The van der Waals surface area contributed by atoms with E-state index in [0.717, 1.165) is 13.1 Å². The van der Waals surface area contributed by atoms with Crippen molar-refractivity contribution in [3.05, 3.63) is 0 Å². The van der Waals surface area contributed by atoms with Gasteiger partial charge in [0.1, 0.15) is 5.78 Å². The first-order valence-electron chi connectivity index (χ1n) is 9.85. The van der Waals surface area contributed by atoms with Crippen LogP contribution in [0.25, 0.3) is 0 Å². The van der Waals surface area contributed by atoms with Crippen LogP contribution >= 0.6 is 0 Å². The molecular weight excluding hydrogens is 324 g/mol. The average molecular weight is 369 g/mol. The lowest BCUT2D eigenvalue weighted by Crippen LogP contribution is -2.48. The van der Waals surface area contributed by atoms with E-state index in [9.17, 15) is 9.59 Å². The quantitative estimate of drug-likeness (QED) is 0.622. The monoisotopic (exact) mass is 368 g/mol. The summed E-state index contributed by atoms with van der Waals surface area (Å²) in [6.45, 7) is 26.8. The first kappa shape index (κ1) is 24.9. The van der Waals surface area contributed by atoms with Crippen molar-refractivity contribution in [1.82, 2.24) is 9.80 Å². The van der Waals surface area contributed by atoms with Gasteiger partial charge >= 0.3 is 6.03 Å². The first-order chi connectivity index (χ1) is 11.2. The number of rotatable bonds is 2. The zero-order valence-electron chi connectivity index (χ0n) is 19.5. The third-order valence-electron chi connectivity index (χ3n) is 4.08. The first-order valence-corrected chi connectivity index (χ1v) is 9.85. The second kappa shape index (κ2) is 8.31. The second-order valence-electron chi connectivity index (χ2n) is 11.9. The van der Waals surface area contributed by atoms with E-state index in [-0.39, 0.29) is 27.9 Å². The third-order valence-corrected chi connectivity index (χ3v) is 4.08. The summed E-state index contributed by atoms with van der Waals surface area (Å²) in [7, 11) is 0. The number of amides is 2. The number of carbonyl (C=O) groups excluding carboxylic acids is 2. The Labute approximate surface area is 162 Å². The Kier molecular flexibility index (Phi) is 7.97. The number of carbonyl (C=O) groups is 2. The van der Waals surface area contributed by atoms with Crippen LogP contribution < -0.4 is 0 Å². The Morgan fingerprint density at radius 2 is 0.962 bits per heavy atom. The van der Waals surface area contributed by atoms with Crippen molar-refractivity contribution in [2.45, 2.75) is 107 Å². The standard InChI is InChI=1S/C11H22N2O.C11H22O/c1-10(2,3)12-7-8-13(9(12)14)11(4,5)6;1-10(2,3)7-9(12)8-11(4,5)6/h7-8H2,1-6H3;7-8H2,1-6H3. The summed E-state index contributed by atoms with van der Waals surface area (Å²) in [6, 6.07) is 0.171. The highest BCUT2D eigenvalue weighted by atomic mass is 16.2. The fraction of sp³-hybridized carbons (Fsp3) is 0.909. The van der Waals surface area contributed by atoms with Gasteiger partial charge in [-0.3, -0.25) is 4.79 Å². The maximum Gasteiger partial charge on any atom is 0.320 e. The molecule has 26 heavy (non-hydrogen) atoms. The van der Waals surface area contributed by atoms with E-state index in [2.05, 4.69) is 83.1 Å². The molecule has 0 bridgehead atoms. The summed E-state index contributed by atoms with van der Waals surface area (Å²) in [5, 5.41) is 0. The molecule has 0 spiro atoms. The van der Waals surface area contributed by atoms with Gasteiger partial charge in [-0.15, -0.1) is 0 Å². The highest BCUT2D eigenvalue weighted by Gasteiger charge is 2.40. The van der Waals surface area contributed by atoms with Crippen molar-refractivity contribution in [3.8, 4) is 0 Å². The zero-order chi connectivity index (χ0) is 21.1. The molecule has 0 N–H and O–H groups in total. The summed E-state index contributed by atoms with van der Waals surface area (Å²) < 4.78 is 0. The van der Waals surface area contributed by atoms with Gasteiger partial charge in [-0.05, 0) is 52.4 Å². The molecule has 1 rings (SSSR count). The van der Waals surface area contributed by atoms with Gasteiger partial charge in [0, 0.05) is 37.0 Å². The van der Waals surface area contributed by atoms with E-state index in [0.29, 0.717) is 18.6 Å². The van der Waals surface area contributed by atoms with Gasteiger partial charge in [0.25, 0.3) is 0 Å². The summed E-state index contributed by atoms with van der Waals surface area (Å²) >= 11 is 0. The lowest BCUT2D eigenvalue weighted by molar-refractivity contribution is -0.122. The summed E-state index contributed by atoms with van der Waals surface area (Å²) in [6.07, 6.45) is 1.40. The number of nitrogens with zero attached hydrogens (tertiary/aromatic N) is 2. The highest BCUT2D eigenvalue weighted by Crippen LogP contribution is 2.26. The molecule has 2 amide bonds. The van der Waals surface area contributed by atoms with E-state index in [1.54, 1.807) is 0 Å². The molecule has 0 aromatic carbocycles. The molecular formula is C22H44N2O2. The van der Waals surface area contributed by atoms with Crippen LogP contribution in [0.2, 0.25) is 0 Å². The van der Waals surface area contributed by atoms with Gasteiger partial charge in [0.15, 0.2) is 0 Å². The highest BCUT2D eigenvalue weighted by molar-refractivity contribution is 5.79. The normalized spacial score (nSPS) is 16.5. The smallest absolute Gasteiger partial charge is 0.318 e. The molecule has 1 aliphatic heterocycles. The number of Topliss-reactive ketones (excluding diaryl/α,β-unsaturated/α-hetero) is 1. The Balaban J connectivity index is 0.000000488. The van der Waals surface area contributed by atoms with Gasteiger partial charge in [-0.2, -0.15) is 0 Å². The molecule has 0 aromatic rings. The van der Waals surface area contributed by atoms with Crippen LogP contribution in [-0.4, -0.2) is 45.8 Å². The lowest BCUT2D eigenvalue weighted by atomic mass is 9.83. The van der Waals surface area contributed by atoms with Crippen molar-refractivity contribution in [2.24, 2.45) is 10.8 Å². The Bertz CT molecular complexity index is 440. The fourth-order valence-electron chi connectivity index (χ4n) is 3.03. The molecule has 0 aliphatic carbocycles. The van der Waals surface area contributed by atoms with Crippen molar-refractivity contribution < 1.29 is 9.59 Å². The molecule has 1 saturated heterocycles. The van der Waals surface area contributed by atoms with Crippen LogP contribution in [-0.2, 0) is 4.79 Å². The van der Waals surface area contributed by atoms with Crippen LogP contribution in [0.3, 0.4) is 0 Å². The van der Waals surface area contributed by atoms with E-state index < -0.39 is 0 Å². The second-order valence-corrected chi connectivity index (χ2v) is 11.9. The average Bonchev–Trinajstić information content (AvgIpc) is 2.65. The molecule has 0 saturated carbocycles. The van der Waals surface area contributed by atoms with Crippen LogP contribution in [0, 0.1) is 10.8 Å². The van der Waals surface area contributed by atoms with E-state index in [1.165, 1.54) is 0 Å². The summed E-state index contributed by atoms with van der Waals surface area (Å²) in [5.74, 6) is 0.384. The molecule has 4 nitrogen and oxygen atoms in total. The molecule has 1 heterocycles. The van der Waals surface area contributed by atoms with Gasteiger partial charge in [0.05, 0.1) is 0 Å². The molecule has 154 valence electrons. The number of hydrogen-bond donors (Lipinski definition) is 0. The van der Waals surface area contributed by atoms with Crippen LogP contribution in [0.5, 0.6) is 0 Å². The molecule has 4 heteroatoms. The van der Waals surface area contributed by atoms with Gasteiger partial charge < -0.3 is 9.80 Å². The third kappa shape index (κ3) is 9.59. The number of hydrogen-bond acceptors (Lipinski definition) is 2. The largest absolute Gasteiger partial charge is 0.320 e. The van der Waals surface area contributed by atoms with Crippen LogP contribution in [0.4, 0.5) is 4.79 Å². The van der Waals surface area contributed by atoms with Crippen molar-refractivity contribution in [2.75, 3.05) is 13.1 Å². The minimum atomic E-state index is -0.0584. The van der Waals surface area contributed by atoms with Crippen LogP contribution in [0.15, 0.2) is 0 Å². The molecule has 0 aromatic heterocycles. The number of ketones is 1. The Morgan fingerprint density at radius 1 is 0.692 bits per heavy atom. The van der Waals surface area contributed by atoms with Gasteiger partial charge in [0.2, 0.25) is 0 Å². The summed E-state index contributed by atoms with van der Waals surface area (Å²) in [5.41, 5.74) is 0.166. The number of urea groups is 1. The van der Waals surface area contributed by atoms with E-state index >= 15 is 0 Å². The van der Waals surface area contributed by atoms with Crippen molar-refractivity contribution in [1.29, 1.82) is 0 Å². The van der Waals surface area contributed by atoms with Crippen LogP contribution in [0.1, 0.15) is 95.9 Å². The predicted molar refractivity (Wildman–Crippen MR) is 111 cm³/mol. The van der Waals surface area contributed by atoms with Gasteiger partial charge in [-0.1, -0.05) is 41.5 Å². The Hall–Kier alpha value is -1.06. The predicted octanol–water partition coefficient (Wildman–Crippen LogP) is 5.75. The fourth-order valence-corrected chi connectivity index (χ4v) is 3.03. The van der Waals surface area contributed by atoms with Crippen molar-refractivity contribution in [3.63, 3.8) is 0 Å². The topological polar surface area (TPSA) is 40.6 Å². The molecule has 0 radical (unpaired) electrons. The maximum absolute atomic E-state index is 12.1. The SMILES string of the molecule is CC(C)(C)CC(=O)CC(C)(C)C.CC(C)(C)N1CCN(C(C)(C)C)C1=O. The summed E-state index contributed by atoms with van der Waals surface area (Å²) in [4.78, 5) is 27.4. The minimum Gasteiger partial charge on any atom is -0.318 e. The van der Waals surface area contributed by atoms with E-state index in [4.69, 9.17) is 0 Å². The minimum absolute atomic E-state index is 0.0584. The molecule has 0 atom stereocenters. The van der Waals surface area contributed by atoms with Gasteiger partial charge in [-0.25, -0.2) is 4.79 Å². The molecule has 1 fully saturated rings. The molecule has 1 aliphatic rings. The van der Waals surface area contributed by atoms with E-state index in [1.807, 2.05) is 9.80 Å². The molecule has 0 unspecified atom stereocenters. The maximum atomic E-state index is 12.1.